The van der Waals surface area contributed by atoms with Gasteiger partial charge in [0.05, 0.1) is 12.2 Å². The van der Waals surface area contributed by atoms with E-state index in [0.29, 0.717) is 19.4 Å². The molecule has 0 unspecified atom stereocenters. The van der Waals surface area contributed by atoms with Crippen molar-refractivity contribution in [3.63, 3.8) is 0 Å². The third kappa shape index (κ3) is 4.09. The van der Waals surface area contributed by atoms with Crippen molar-refractivity contribution in [2.75, 3.05) is 11.4 Å². The molecular weight excluding hydrogens is 448 g/mol. The van der Waals surface area contributed by atoms with Crippen molar-refractivity contribution in [3.05, 3.63) is 58.8 Å². The molecule has 1 N–H and O–H groups in total. The highest BCUT2D eigenvalue weighted by Crippen LogP contribution is 2.35. The second-order valence-corrected chi connectivity index (χ2v) is 8.62. The van der Waals surface area contributed by atoms with Crippen molar-refractivity contribution in [2.24, 2.45) is 0 Å². The Morgan fingerprint density at radius 2 is 1.87 bits per heavy atom. The number of hydrogen-bond donors (Lipinski definition) is 1. The molecule has 1 aromatic carbocycles. The maximum absolute atomic E-state index is 13.1. The molecule has 0 atom stereocenters. The number of nitrogens with one attached hydrogen (secondary N) is 1. The second kappa shape index (κ2) is 8.55. The topological polar surface area (TPSA) is 82.6 Å². The average molecular weight is 471 g/mol. The zero-order chi connectivity index (χ0) is 21.1. The summed E-state index contributed by atoms with van der Waals surface area (Å²) in [5.74, 6) is -0.367. The third-order valence-electron chi connectivity index (χ3n) is 5.74. The van der Waals surface area contributed by atoms with Gasteiger partial charge in [-0.15, -0.1) is 0 Å². The van der Waals surface area contributed by atoms with Gasteiger partial charge in [-0.25, -0.2) is 4.79 Å². The van der Waals surface area contributed by atoms with Gasteiger partial charge in [-0.2, -0.15) is 0 Å². The molecule has 1 aliphatic heterocycles. The molecule has 0 radical (unpaired) electrons. The largest absolute Gasteiger partial charge is 0.325 e. The Morgan fingerprint density at radius 1 is 1.13 bits per heavy atom. The highest BCUT2D eigenvalue weighted by Gasteiger charge is 2.52. The lowest BCUT2D eigenvalue weighted by Crippen LogP contribution is -2.44. The molecular formula is C22H23BrN4O3. The van der Waals surface area contributed by atoms with Crippen molar-refractivity contribution in [1.29, 1.82) is 0 Å². The van der Waals surface area contributed by atoms with E-state index in [1.165, 1.54) is 4.90 Å². The number of urea groups is 1. The van der Waals surface area contributed by atoms with Crippen LogP contribution in [-0.2, 0) is 16.1 Å². The Morgan fingerprint density at radius 3 is 2.53 bits per heavy atom. The van der Waals surface area contributed by atoms with Crippen LogP contribution in [0.25, 0.3) is 0 Å². The van der Waals surface area contributed by atoms with Crippen molar-refractivity contribution >= 4 is 39.5 Å². The molecule has 4 amide bonds. The Kier molecular flexibility index (Phi) is 5.85. The first kappa shape index (κ1) is 20.5. The molecule has 1 saturated carbocycles. The predicted molar refractivity (Wildman–Crippen MR) is 116 cm³/mol. The first-order valence-corrected chi connectivity index (χ1v) is 10.9. The first-order valence-electron chi connectivity index (χ1n) is 10.1. The Balaban J connectivity index is 1.48. The molecule has 1 aromatic heterocycles. The smallest absolute Gasteiger partial charge is 0.323 e. The van der Waals surface area contributed by atoms with E-state index in [9.17, 15) is 14.4 Å². The van der Waals surface area contributed by atoms with Gasteiger partial charge in [0.25, 0.3) is 5.91 Å². The Hall–Kier alpha value is -2.74. The van der Waals surface area contributed by atoms with Crippen molar-refractivity contribution in [1.82, 2.24) is 15.2 Å². The van der Waals surface area contributed by atoms with Crippen LogP contribution < -0.4 is 10.2 Å². The minimum Gasteiger partial charge on any atom is -0.323 e. The SMILES string of the molecule is O=C1NC2(CCCC2)C(=O)N1CCC(=O)N(Cc1ccccn1)c1ccc(Br)cc1. The van der Waals surface area contributed by atoms with Gasteiger partial charge in [-0.05, 0) is 49.2 Å². The van der Waals surface area contributed by atoms with E-state index in [4.69, 9.17) is 0 Å². The van der Waals surface area contributed by atoms with Crippen LogP contribution in [0, 0.1) is 0 Å². The number of rotatable bonds is 6. The molecule has 0 bridgehead atoms. The highest BCUT2D eigenvalue weighted by molar-refractivity contribution is 9.10. The quantitative estimate of drug-likeness (QED) is 0.653. The zero-order valence-electron chi connectivity index (χ0n) is 16.5. The van der Waals surface area contributed by atoms with Gasteiger partial charge >= 0.3 is 6.03 Å². The number of carbonyl (C=O) groups excluding carboxylic acids is 3. The summed E-state index contributed by atoms with van der Waals surface area (Å²) in [6.07, 6.45) is 4.95. The summed E-state index contributed by atoms with van der Waals surface area (Å²) >= 11 is 3.41. The second-order valence-electron chi connectivity index (χ2n) is 7.70. The highest BCUT2D eigenvalue weighted by atomic mass is 79.9. The molecule has 7 nitrogen and oxygen atoms in total. The molecule has 2 heterocycles. The van der Waals surface area contributed by atoms with E-state index in [0.717, 1.165) is 28.7 Å². The molecule has 4 rings (SSSR count). The summed E-state index contributed by atoms with van der Waals surface area (Å²) in [6, 6.07) is 12.6. The summed E-state index contributed by atoms with van der Waals surface area (Å²) in [5.41, 5.74) is 0.742. The summed E-state index contributed by atoms with van der Waals surface area (Å²) in [4.78, 5) is 45.5. The zero-order valence-corrected chi connectivity index (χ0v) is 18.1. The molecule has 2 fully saturated rings. The fraction of sp³-hybridized carbons (Fsp3) is 0.364. The maximum Gasteiger partial charge on any atom is 0.325 e. The number of carbonyl (C=O) groups is 3. The molecule has 1 saturated heterocycles. The lowest BCUT2D eigenvalue weighted by atomic mass is 9.98. The number of amides is 4. The van der Waals surface area contributed by atoms with Crippen LogP contribution >= 0.6 is 15.9 Å². The third-order valence-corrected chi connectivity index (χ3v) is 6.27. The number of nitrogens with zero attached hydrogens (tertiary/aromatic N) is 3. The van der Waals surface area contributed by atoms with Gasteiger partial charge in [-0.3, -0.25) is 19.5 Å². The molecule has 30 heavy (non-hydrogen) atoms. The van der Waals surface area contributed by atoms with Gasteiger partial charge in [0, 0.05) is 29.3 Å². The van der Waals surface area contributed by atoms with Gasteiger partial charge in [-0.1, -0.05) is 34.8 Å². The van der Waals surface area contributed by atoms with Crippen LogP contribution in [0.3, 0.4) is 0 Å². The van der Waals surface area contributed by atoms with Crippen LogP contribution in [0.15, 0.2) is 53.1 Å². The summed E-state index contributed by atoms with van der Waals surface area (Å²) in [7, 11) is 0. The average Bonchev–Trinajstić information content (AvgIpc) is 3.31. The first-order chi connectivity index (χ1) is 14.5. The molecule has 156 valence electrons. The summed E-state index contributed by atoms with van der Waals surface area (Å²) < 4.78 is 0.915. The fourth-order valence-corrected chi connectivity index (χ4v) is 4.40. The van der Waals surface area contributed by atoms with E-state index in [1.54, 1.807) is 11.1 Å². The monoisotopic (exact) mass is 470 g/mol. The molecule has 8 heteroatoms. The van der Waals surface area contributed by atoms with Crippen molar-refractivity contribution < 1.29 is 14.4 Å². The molecule has 1 aliphatic carbocycles. The maximum atomic E-state index is 13.1. The van der Waals surface area contributed by atoms with E-state index in [2.05, 4.69) is 26.2 Å². The fourth-order valence-electron chi connectivity index (χ4n) is 4.14. The van der Waals surface area contributed by atoms with Crippen LogP contribution in [0.5, 0.6) is 0 Å². The summed E-state index contributed by atoms with van der Waals surface area (Å²) in [5, 5.41) is 2.86. The van der Waals surface area contributed by atoms with Gasteiger partial charge in [0.15, 0.2) is 0 Å². The van der Waals surface area contributed by atoms with E-state index in [1.807, 2.05) is 42.5 Å². The number of anilines is 1. The number of aromatic nitrogens is 1. The normalized spacial score (nSPS) is 17.4. The predicted octanol–water partition coefficient (Wildman–Crippen LogP) is 3.63. The van der Waals surface area contributed by atoms with Crippen LogP contribution in [-0.4, -0.2) is 39.8 Å². The molecule has 1 spiro atoms. The number of hydrogen-bond acceptors (Lipinski definition) is 4. The van der Waals surface area contributed by atoms with Crippen LogP contribution in [0.2, 0.25) is 0 Å². The van der Waals surface area contributed by atoms with Gasteiger partial charge in [0.2, 0.25) is 5.91 Å². The van der Waals surface area contributed by atoms with Crippen LogP contribution in [0.1, 0.15) is 37.8 Å². The Labute approximate surface area is 183 Å². The molecule has 2 aliphatic rings. The van der Waals surface area contributed by atoms with E-state index in [-0.39, 0.29) is 24.8 Å². The number of benzene rings is 1. The molecule has 2 aromatic rings. The minimum atomic E-state index is -0.751. The van der Waals surface area contributed by atoms with Crippen molar-refractivity contribution in [3.8, 4) is 0 Å². The van der Waals surface area contributed by atoms with Crippen LogP contribution in [0.4, 0.5) is 10.5 Å². The van der Waals surface area contributed by atoms with E-state index >= 15 is 0 Å². The lowest BCUT2D eigenvalue weighted by molar-refractivity contribution is -0.131. The van der Waals surface area contributed by atoms with Crippen molar-refractivity contribution in [2.45, 2.75) is 44.2 Å². The van der Waals surface area contributed by atoms with E-state index < -0.39 is 11.6 Å². The number of halogens is 1. The standard InChI is InChI=1S/C22H23BrN4O3/c23-16-6-8-18(9-7-16)27(15-17-5-1-4-13-24-17)19(28)10-14-26-20(29)22(25-21(26)30)11-2-3-12-22/h1,4-9,13H,2-3,10-12,14-15H2,(H,25,30). The van der Waals surface area contributed by atoms with Gasteiger partial charge < -0.3 is 10.2 Å². The van der Waals surface area contributed by atoms with Gasteiger partial charge in [0.1, 0.15) is 5.54 Å². The number of pyridine rings is 1. The lowest BCUT2D eigenvalue weighted by Gasteiger charge is -2.24. The minimum absolute atomic E-state index is 0.0537. The number of imide groups is 1. The Bertz CT molecular complexity index is 943. The summed E-state index contributed by atoms with van der Waals surface area (Å²) in [6.45, 7) is 0.381.